The van der Waals surface area contributed by atoms with Crippen LogP contribution in [0.2, 0.25) is 0 Å². The Morgan fingerprint density at radius 2 is 0.897 bits per heavy atom. The number of aliphatic carboxylic acids is 1. The third-order valence-corrected chi connectivity index (χ3v) is 11.1. The highest BCUT2D eigenvalue weighted by atomic mass is 16.6. The van der Waals surface area contributed by atoms with Crippen LogP contribution in [0.15, 0.2) is 24.3 Å². The lowest BCUT2D eigenvalue weighted by molar-refractivity contribution is -0.889. The molecule has 0 bridgehead atoms. The topological polar surface area (TPSA) is 102 Å². The Bertz CT molecular complexity index is 1000. The van der Waals surface area contributed by atoms with Crippen molar-refractivity contribution in [3.8, 4) is 0 Å². The van der Waals surface area contributed by atoms with Gasteiger partial charge < -0.3 is 28.6 Å². The maximum Gasteiger partial charge on any atom is 0.306 e. The maximum atomic E-state index is 12.7. The van der Waals surface area contributed by atoms with Crippen molar-refractivity contribution in [1.29, 1.82) is 0 Å². The molecular weight excluding hydrogens is 727 g/mol. The minimum absolute atomic E-state index is 0.0443. The van der Waals surface area contributed by atoms with Gasteiger partial charge in [-0.15, -0.1) is 0 Å². The van der Waals surface area contributed by atoms with Gasteiger partial charge in [0.05, 0.1) is 40.3 Å². The number of carbonyl (C=O) groups is 3. The average Bonchev–Trinajstić information content (AvgIpc) is 3.18. The monoisotopic (exact) mass is 820 g/mol. The summed E-state index contributed by atoms with van der Waals surface area (Å²) in [5.41, 5.74) is 0. The van der Waals surface area contributed by atoms with Crippen molar-refractivity contribution < 1.29 is 38.2 Å². The van der Waals surface area contributed by atoms with Crippen LogP contribution in [0.25, 0.3) is 0 Å². The first-order chi connectivity index (χ1) is 28.1. The van der Waals surface area contributed by atoms with Gasteiger partial charge in [-0.1, -0.05) is 192 Å². The van der Waals surface area contributed by atoms with E-state index in [9.17, 15) is 19.5 Å². The van der Waals surface area contributed by atoms with E-state index in [1.165, 1.54) is 154 Å². The summed E-state index contributed by atoms with van der Waals surface area (Å²) in [4.78, 5) is 36.9. The van der Waals surface area contributed by atoms with Crippen LogP contribution >= 0.6 is 0 Å². The molecule has 0 aliphatic rings. The first-order valence-electron chi connectivity index (χ1n) is 24.4. The first-order valence-corrected chi connectivity index (χ1v) is 24.4. The molecule has 0 fully saturated rings. The number of carbonyl (C=O) groups excluding carboxylic acids is 3. The predicted octanol–water partition coefficient (Wildman–Crippen LogP) is 12.3. The molecule has 2 unspecified atom stereocenters. The number of esters is 2. The van der Waals surface area contributed by atoms with E-state index in [1.54, 1.807) is 21.1 Å². The van der Waals surface area contributed by atoms with E-state index in [0.717, 1.165) is 38.5 Å². The van der Waals surface area contributed by atoms with E-state index in [4.69, 9.17) is 14.2 Å². The van der Waals surface area contributed by atoms with Gasteiger partial charge in [0.15, 0.2) is 6.10 Å². The van der Waals surface area contributed by atoms with Gasteiger partial charge >= 0.3 is 11.9 Å². The second kappa shape index (κ2) is 41.5. The van der Waals surface area contributed by atoms with Gasteiger partial charge in [0.2, 0.25) is 0 Å². The summed E-state index contributed by atoms with van der Waals surface area (Å²) < 4.78 is 17.2. The Kier molecular flexibility index (Phi) is 40.0. The number of unbranched alkanes of at least 4 members (excludes halogenated alkanes) is 27. The second-order valence-corrected chi connectivity index (χ2v) is 17.7. The molecule has 0 radical (unpaired) electrons. The van der Waals surface area contributed by atoms with Crippen molar-refractivity contribution in [3.05, 3.63) is 24.3 Å². The molecule has 0 aromatic rings. The Morgan fingerprint density at radius 1 is 0.517 bits per heavy atom. The van der Waals surface area contributed by atoms with Crippen LogP contribution in [0.1, 0.15) is 226 Å². The molecule has 340 valence electrons. The standard InChI is InChI=1S/C50H93NO7/c1-6-8-10-12-14-16-18-20-22-23-24-25-27-28-30-32-34-36-38-40-48(52)57-45-46(44-56-43-42-47(50(54)55)51(3,4)5)58-49(53)41-39-37-35-33-31-29-26-21-19-17-15-13-11-9-7-2/h14,16,18,20,46-47H,6-13,15,17,19,21-45H2,1-5H3/b16-14+,20-18+. The van der Waals surface area contributed by atoms with Crippen molar-refractivity contribution in [1.82, 2.24) is 0 Å². The number of nitrogens with zero attached hydrogens (tertiary/aromatic N) is 1. The third kappa shape index (κ3) is 39.3. The van der Waals surface area contributed by atoms with Gasteiger partial charge in [-0.3, -0.25) is 9.59 Å². The lowest BCUT2D eigenvalue weighted by Gasteiger charge is -2.34. The summed E-state index contributed by atoms with van der Waals surface area (Å²) in [6, 6.07) is -0.723. The highest BCUT2D eigenvalue weighted by Gasteiger charge is 2.25. The van der Waals surface area contributed by atoms with E-state index in [2.05, 4.69) is 38.2 Å². The largest absolute Gasteiger partial charge is 0.544 e. The van der Waals surface area contributed by atoms with E-state index in [1.807, 2.05) is 0 Å². The summed E-state index contributed by atoms with van der Waals surface area (Å²) in [5, 5.41) is 11.6. The Morgan fingerprint density at radius 3 is 1.33 bits per heavy atom. The zero-order valence-corrected chi connectivity index (χ0v) is 38.7. The normalized spacial score (nSPS) is 13.1. The zero-order chi connectivity index (χ0) is 42.8. The number of hydrogen-bond donors (Lipinski definition) is 0. The van der Waals surface area contributed by atoms with Crippen molar-refractivity contribution in [2.75, 3.05) is 41.0 Å². The van der Waals surface area contributed by atoms with E-state index >= 15 is 0 Å². The van der Waals surface area contributed by atoms with Crippen molar-refractivity contribution in [2.24, 2.45) is 0 Å². The van der Waals surface area contributed by atoms with Gasteiger partial charge in [0.25, 0.3) is 0 Å². The van der Waals surface area contributed by atoms with Crippen LogP contribution in [0.4, 0.5) is 0 Å². The maximum absolute atomic E-state index is 12.7. The fourth-order valence-electron chi connectivity index (χ4n) is 7.30. The average molecular weight is 820 g/mol. The van der Waals surface area contributed by atoms with Gasteiger partial charge in [0, 0.05) is 19.3 Å². The van der Waals surface area contributed by atoms with E-state index < -0.39 is 18.1 Å². The molecule has 0 N–H and O–H groups in total. The third-order valence-electron chi connectivity index (χ3n) is 11.1. The lowest BCUT2D eigenvalue weighted by Crippen LogP contribution is -2.55. The molecule has 0 spiro atoms. The number of carboxylic acid groups (broad SMARTS) is 1. The summed E-state index contributed by atoms with van der Waals surface area (Å²) >= 11 is 0. The van der Waals surface area contributed by atoms with Crippen LogP contribution in [-0.4, -0.2) is 75.5 Å². The van der Waals surface area contributed by atoms with Crippen molar-refractivity contribution >= 4 is 17.9 Å². The smallest absolute Gasteiger partial charge is 0.306 e. The van der Waals surface area contributed by atoms with Crippen LogP contribution < -0.4 is 5.11 Å². The number of likely N-dealkylation sites (N-methyl/N-ethyl adjacent to an activating group) is 1. The molecule has 0 aliphatic carbocycles. The Balaban J connectivity index is 4.25. The minimum atomic E-state index is -1.12. The molecule has 8 nitrogen and oxygen atoms in total. The van der Waals surface area contributed by atoms with Gasteiger partial charge in [-0.05, 0) is 38.5 Å². The Labute approximate surface area is 358 Å². The van der Waals surface area contributed by atoms with Crippen LogP contribution in [0, 0.1) is 0 Å². The fourth-order valence-corrected chi connectivity index (χ4v) is 7.30. The number of ether oxygens (including phenoxy) is 3. The molecule has 0 heterocycles. The minimum Gasteiger partial charge on any atom is -0.544 e. The predicted molar refractivity (Wildman–Crippen MR) is 240 cm³/mol. The first kappa shape index (κ1) is 55.8. The van der Waals surface area contributed by atoms with E-state index in [-0.39, 0.29) is 42.7 Å². The number of allylic oxidation sites excluding steroid dienone is 4. The summed E-state index contributed by atoms with van der Waals surface area (Å²) in [5.74, 6) is -1.72. The quantitative estimate of drug-likeness (QED) is 0.0261. The molecule has 0 aromatic heterocycles. The SMILES string of the molecule is CCCCC/C=C/C=C/CCCCCCCCCCCCC(=O)OCC(COCCC(C(=O)[O-])[N+](C)(C)C)OC(=O)CCCCCCCCCCCCCCCCC. The highest BCUT2D eigenvalue weighted by molar-refractivity contribution is 5.70. The molecule has 0 saturated carbocycles. The molecular formula is C50H93NO7. The van der Waals surface area contributed by atoms with E-state index in [0.29, 0.717) is 12.8 Å². The molecule has 58 heavy (non-hydrogen) atoms. The molecule has 0 amide bonds. The van der Waals surface area contributed by atoms with Crippen molar-refractivity contribution in [3.63, 3.8) is 0 Å². The van der Waals surface area contributed by atoms with Crippen molar-refractivity contribution in [2.45, 2.75) is 238 Å². The van der Waals surface area contributed by atoms with Gasteiger partial charge in [-0.25, -0.2) is 0 Å². The van der Waals surface area contributed by atoms with Crippen LogP contribution in [0.5, 0.6) is 0 Å². The number of hydrogen-bond acceptors (Lipinski definition) is 7. The van der Waals surface area contributed by atoms with Gasteiger partial charge in [0.1, 0.15) is 12.6 Å². The van der Waals surface area contributed by atoms with Crippen LogP contribution in [-0.2, 0) is 28.6 Å². The lowest BCUT2D eigenvalue weighted by atomic mass is 10.0. The summed E-state index contributed by atoms with van der Waals surface area (Å²) in [6.45, 7) is 4.66. The summed E-state index contributed by atoms with van der Waals surface area (Å²) in [7, 11) is 5.42. The summed E-state index contributed by atoms with van der Waals surface area (Å²) in [6.07, 6.45) is 46.2. The number of carboxylic acids is 1. The molecule has 0 aromatic carbocycles. The van der Waals surface area contributed by atoms with Gasteiger partial charge in [-0.2, -0.15) is 0 Å². The molecule has 8 heteroatoms. The molecule has 2 atom stereocenters. The van der Waals surface area contributed by atoms with Crippen LogP contribution in [0.3, 0.4) is 0 Å². The molecule has 0 aliphatic heterocycles. The number of rotatable bonds is 44. The molecule has 0 rings (SSSR count). The molecule has 0 saturated heterocycles. The zero-order valence-electron chi connectivity index (χ0n) is 38.7. The Hall–Kier alpha value is -2.19. The second-order valence-electron chi connectivity index (χ2n) is 17.7. The fraction of sp³-hybridized carbons (Fsp3) is 0.860. The highest BCUT2D eigenvalue weighted by Crippen LogP contribution is 2.16. The number of quaternary nitrogens is 1.